The number of nitrogens with zero attached hydrogens (tertiary/aromatic N) is 1. The highest BCUT2D eigenvalue weighted by Crippen LogP contribution is 2.35. The van der Waals surface area contributed by atoms with E-state index in [-0.39, 0.29) is 23.4 Å². The number of carbonyl (C=O) groups excluding carboxylic acids is 1. The minimum atomic E-state index is -0.186. The minimum Gasteiger partial charge on any atom is -0.494 e. The zero-order valence-corrected chi connectivity index (χ0v) is 13.1. The number of carbonyl (C=O) groups is 1. The Morgan fingerprint density at radius 2 is 2.20 bits per heavy atom. The van der Waals surface area contributed by atoms with Crippen LogP contribution in [-0.4, -0.2) is 53.4 Å². The molecule has 0 aliphatic rings. The van der Waals surface area contributed by atoms with Gasteiger partial charge in [-0.05, 0) is 9.39 Å². The lowest BCUT2D eigenvalue weighted by Crippen LogP contribution is -2.13. The van der Waals surface area contributed by atoms with Crippen LogP contribution >= 0.6 is 21.2 Å². The Labute approximate surface area is 123 Å². The van der Waals surface area contributed by atoms with Gasteiger partial charge in [-0.15, -0.1) is 11.8 Å². The number of amides is 1. The van der Waals surface area contributed by atoms with E-state index in [1.54, 1.807) is 7.11 Å². The number of aromatic hydroxyl groups is 2. The molecule has 0 aliphatic heterocycles. The molecule has 1 heterocycles. The van der Waals surface area contributed by atoms with Crippen molar-refractivity contribution in [1.82, 2.24) is 9.65 Å². The van der Waals surface area contributed by atoms with Crippen molar-refractivity contribution in [2.24, 2.45) is 0 Å². The summed E-state index contributed by atoms with van der Waals surface area (Å²) in [5.74, 6) is -0.161. The first-order chi connectivity index (χ1) is 9.60. The Morgan fingerprint density at radius 1 is 1.45 bits per heavy atom. The van der Waals surface area contributed by atoms with E-state index in [2.05, 4.69) is 14.5 Å². The number of hydrogen-bond acceptors (Lipinski definition) is 6. The minimum absolute atomic E-state index is 0.0633. The van der Waals surface area contributed by atoms with E-state index in [0.29, 0.717) is 31.3 Å². The van der Waals surface area contributed by atoms with E-state index in [1.165, 1.54) is 10.6 Å². The van der Waals surface area contributed by atoms with Gasteiger partial charge in [0, 0.05) is 13.2 Å². The average molecular weight is 322 g/mol. The van der Waals surface area contributed by atoms with Crippen LogP contribution in [-0.2, 0) is 20.8 Å². The molecule has 20 heavy (non-hydrogen) atoms. The number of ether oxygens (including phenoxy) is 2. The van der Waals surface area contributed by atoms with Gasteiger partial charge in [-0.2, -0.15) is 0 Å². The SMILES string of the molecule is COCCOCCn1c(O)cc(SCC(=O)NP)c1O. The van der Waals surface area contributed by atoms with Crippen LogP contribution < -0.4 is 5.09 Å². The van der Waals surface area contributed by atoms with Crippen molar-refractivity contribution >= 4 is 27.1 Å². The first-order valence-corrected chi connectivity index (χ1v) is 7.46. The Hall–Kier alpha value is -0.950. The molecule has 0 saturated carbocycles. The molecule has 0 aromatic carbocycles. The van der Waals surface area contributed by atoms with Crippen molar-refractivity contribution in [2.75, 3.05) is 32.7 Å². The summed E-state index contributed by atoms with van der Waals surface area (Å²) in [6, 6.07) is 1.42. The lowest BCUT2D eigenvalue weighted by atomic mass is 10.6. The molecule has 1 atom stereocenters. The number of thioether (sulfide) groups is 1. The molecule has 9 heteroatoms. The van der Waals surface area contributed by atoms with Gasteiger partial charge in [-0.1, -0.05) is 0 Å². The standard InChI is InChI=1S/C11H19N2O5PS/c1-17-4-5-18-3-2-13-10(15)6-8(11(13)16)20-7-9(14)12-19/h6,15-16H,2-5,7,19H2,1H3,(H,12,14). The van der Waals surface area contributed by atoms with E-state index >= 15 is 0 Å². The van der Waals surface area contributed by atoms with Gasteiger partial charge in [0.1, 0.15) is 0 Å². The highest BCUT2D eigenvalue weighted by molar-refractivity contribution is 8.00. The maximum Gasteiger partial charge on any atom is 0.233 e. The fourth-order valence-corrected chi connectivity index (χ4v) is 2.46. The molecule has 0 saturated heterocycles. The van der Waals surface area contributed by atoms with Crippen molar-refractivity contribution in [1.29, 1.82) is 0 Å². The Balaban J connectivity index is 2.51. The first kappa shape index (κ1) is 17.1. The van der Waals surface area contributed by atoms with Crippen LogP contribution in [0.4, 0.5) is 0 Å². The third-order valence-corrected chi connectivity index (χ3v) is 3.76. The van der Waals surface area contributed by atoms with Gasteiger partial charge in [0.25, 0.3) is 0 Å². The topological polar surface area (TPSA) is 93.0 Å². The lowest BCUT2D eigenvalue weighted by molar-refractivity contribution is -0.116. The molecule has 114 valence electrons. The Kier molecular flexibility index (Phi) is 7.76. The Morgan fingerprint density at radius 3 is 2.85 bits per heavy atom. The van der Waals surface area contributed by atoms with Gasteiger partial charge in [0.15, 0.2) is 5.88 Å². The van der Waals surface area contributed by atoms with Crippen molar-refractivity contribution < 1.29 is 24.5 Å². The van der Waals surface area contributed by atoms with Gasteiger partial charge < -0.3 is 24.8 Å². The second-order valence-corrected chi connectivity index (χ2v) is 5.11. The van der Waals surface area contributed by atoms with Crippen LogP contribution in [0.5, 0.6) is 11.8 Å². The summed E-state index contributed by atoms with van der Waals surface area (Å²) in [5.41, 5.74) is 0. The van der Waals surface area contributed by atoms with Gasteiger partial charge in [-0.3, -0.25) is 9.36 Å². The van der Waals surface area contributed by atoms with Crippen LogP contribution in [0, 0.1) is 0 Å². The largest absolute Gasteiger partial charge is 0.494 e. The molecule has 1 unspecified atom stereocenters. The van der Waals surface area contributed by atoms with Crippen LogP contribution in [0.2, 0.25) is 0 Å². The predicted octanol–water partition coefficient (Wildman–Crippen LogP) is 0.561. The van der Waals surface area contributed by atoms with Crippen molar-refractivity contribution in [3.8, 4) is 11.8 Å². The molecule has 0 fully saturated rings. The maximum atomic E-state index is 11.1. The second kappa shape index (κ2) is 9.07. The molecule has 0 spiro atoms. The summed E-state index contributed by atoms with van der Waals surface area (Å²) in [6.45, 7) is 1.61. The van der Waals surface area contributed by atoms with E-state index in [0.717, 1.165) is 11.8 Å². The van der Waals surface area contributed by atoms with E-state index in [1.807, 2.05) is 0 Å². The Bertz CT molecular complexity index is 441. The fourth-order valence-electron chi connectivity index (χ4n) is 1.41. The molecular weight excluding hydrogens is 303 g/mol. The van der Waals surface area contributed by atoms with Crippen molar-refractivity contribution in [3.05, 3.63) is 6.07 Å². The summed E-state index contributed by atoms with van der Waals surface area (Å²) in [7, 11) is 3.70. The third kappa shape index (κ3) is 5.20. The molecule has 0 radical (unpaired) electrons. The zero-order valence-electron chi connectivity index (χ0n) is 11.2. The summed E-state index contributed by atoms with van der Waals surface area (Å²) < 4.78 is 11.4. The first-order valence-electron chi connectivity index (χ1n) is 5.90. The second-order valence-electron chi connectivity index (χ2n) is 3.80. The number of aromatic nitrogens is 1. The highest BCUT2D eigenvalue weighted by atomic mass is 32.2. The van der Waals surface area contributed by atoms with Gasteiger partial charge >= 0.3 is 0 Å². The monoisotopic (exact) mass is 322 g/mol. The molecule has 1 rings (SSSR count). The quantitative estimate of drug-likeness (QED) is 0.349. The van der Waals surface area contributed by atoms with E-state index in [9.17, 15) is 15.0 Å². The van der Waals surface area contributed by atoms with E-state index in [4.69, 9.17) is 9.47 Å². The van der Waals surface area contributed by atoms with Crippen LogP contribution in [0.25, 0.3) is 0 Å². The molecule has 3 N–H and O–H groups in total. The molecule has 1 aromatic heterocycles. The summed E-state index contributed by atoms with van der Waals surface area (Å²) >= 11 is 1.15. The molecular formula is C11H19N2O5PS. The number of rotatable bonds is 9. The zero-order chi connectivity index (χ0) is 15.0. The van der Waals surface area contributed by atoms with Crippen LogP contribution in [0.3, 0.4) is 0 Å². The number of nitrogens with one attached hydrogen (secondary N) is 1. The van der Waals surface area contributed by atoms with E-state index < -0.39 is 0 Å². The summed E-state index contributed by atoms with van der Waals surface area (Å²) in [6.07, 6.45) is 0. The smallest absolute Gasteiger partial charge is 0.233 e. The maximum absolute atomic E-state index is 11.1. The number of methoxy groups -OCH3 is 1. The number of hydrogen-bond donors (Lipinski definition) is 3. The summed E-state index contributed by atoms with van der Waals surface area (Å²) in [4.78, 5) is 11.6. The fraction of sp³-hybridized carbons (Fsp3) is 0.545. The summed E-state index contributed by atoms with van der Waals surface area (Å²) in [5, 5.41) is 22.1. The normalized spacial score (nSPS) is 10.7. The highest BCUT2D eigenvalue weighted by Gasteiger charge is 2.15. The van der Waals surface area contributed by atoms with Gasteiger partial charge in [-0.25, -0.2) is 0 Å². The molecule has 0 bridgehead atoms. The molecule has 1 aromatic rings. The average Bonchev–Trinajstić information content (AvgIpc) is 2.71. The van der Waals surface area contributed by atoms with Crippen molar-refractivity contribution in [2.45, 2.75) is 11.4 Å². The van der Waals surface area contributed by atoms with Crippen LogP contribution in [0.1, 0.15) is 0 Å². The van der Waals surface area contributed by atoms with Crippen molar-refractivity contribution in [3.63, 3.8) is 0 Å². The third-order valence-electron chi connectivity index (χ3n) is 2.42. The predicted molar refractivity (Wildman–Crippen MR) is 79.0 cm³/mol. The van der Waals surface area contributed by atoms with Gasteiger partial charge in [0.2, 0.25) is 11.8 Å². The van der Waals surface area contributed by atoms with Crippen LogP contribution in [0.15, 0.2) is 11.0 Å². The lowest BCUT2D eigenvalue weighted by Gasteiger charge is -2.08. The molecule has 1 amide bonds. The molecule has 0 aliphatic carbocycles. The van der Waals surface area contributed by atoms with Gasteiger partial charge in [0.05, 0.1) is 37.0 Å². The molecule has 7 nitrogen and oxygen atoms in total.